The molecule has 0 spiro atoms. The number of rotatable bonds is 3. The van der Waals surface area contributed by atoms with E-state index in [4.69, 9.17) is 0 Å². The van der Waals surface area contributed by atoms with Crippen molar-refractivity contribution in [3.8, 4) is 0 Å². The summed E-state index contributed by atoms with van der Waals surface area (Å²) in [7, 11) is 3.36. The summed E-state index contributed by atoms with van der Waals surface area (Å²) >= 11 is 0. The van der Waals surface area contributed by atoms with Gasteiger partial charge in [0, 0.05) is 24.3 Å². The highest BCUT2D eigenvalue weighted by Crippen LogP contribution is 2.23. The number of benzene rings is 1. The van der Waals surface area contributed by atoms with E-state index in [2.05, 4.69) is 28.9 Å². The number of halogens is 1. The molecule has 4 nitrogen and oxygen atoms in total. The predicted molar refractivity (Wildman–Crippen MR) is 71.9 cm³/mol. The first-order valence-corrected chi connectivity index (χ1v) is 6.36. The molecular formula is C14H19FN2O2. The molecule has 1 aliphatic rings. The van der Waals surface area contributed by atoms with Crippen molar-refractivity contribution in [2.24, 2.45) is 0 Å². The molecule has 1 aliphatic heterocycles. The van der Waals surface area contributed by atoms with E-state index in [0.29, 0.717) is 11.7 Å². The predicted octanol–water partition coefficient (Wildman–Crippen LogP) is 2.12. The number of hydrogen-bond acceptors (Lipinski definition) is 4. The number of anilines is 1. The first kappa shape index (κ1) is 13.8. The Morgan fingerprint density at radius 3 is 2.84 bits per heavy atom. The van der Waals surface area contributed by atoms with Gasteiger partial charge in [0.2, 0.25) is 0 Å². The number of nitrogens with zero attached hydrogens (tertiary/aromatic N) is 1. The van der Waals surface area contributed by atoms with Crippen LogP contribution < -0.4 is 5.32 Å². The number of nitrogens with one attached hydrogen (secondary N) is 1. The van der Waals surface area contributed by atoms with E-state index < -0.39 is 11.8 Å². The van der Waals surface area contributed by atoms with Crippen LogP contribution >= 0.6 is 0 Å². The number of ether oxygens (including phenoxy) is 1. The van der Waals surface area contributed by atoms with Crippen molar-refractivity contribution in [1.29, 1.82) is 0 Å². The van der Waals surface area contributed by atoms with E-state index in [9.17, 15) is 9.18 Å². The van der Waals surface area contributed by atoms with Crippen LogP contribution in [0.25, 0.3) is 0 Å². The summed E-state index contributed by atoms with van der Waals surface area (Å²) in [6.07, 6.45) is 0.995. The molecule has 2 unspecified atom stereocenters. The number of esters is 1. The molecule has 0 radical (unpaired) electrons. The number of methoxy groups -OCH3 is 1. The maximum Gasteiger partial charge on any atom is 0.340 e. The van der Waals surface area contributed by atoms with Crippen molar-refractivity contribution >= 4 is 11.7 Å². The minimum absolute atomic E-state index is 0.240. The van der Waals surface area contributed by atoms with Gasteiger partial charge in [-0.15, -0.1) is 0 Å². The third-order valence-corrected chi connectivity index (χ3v) is 3.63. The van der Waals surface area contributed by atoms with Gasteiger partial charge in [-0.3, -0.25) is 0 Å². The molecule has 104 valence electrons. The van der Waals surface area contributed by atoms with Crippen LogP contribution in [0.4, 0.5) is 10.1 Å². The van der Waals surface area contributed by atoms with Gasteiger partial charge in [0.1, 0.15) is 5.82 Å². The molecule has 0 saturated carbocycles. The van der Waals surface area contributed by atoms with Crippen LogP contribution in [0.15, 0.2) is 18.2 Å². The molecule has 1 saturated heterocycles. The van der Waals surface area contributed by atoms with Gasteiger partial charge in [0.05, 0.1) is 12.7 Å². The molecule has 1 aromatic rings. The lowest BCUT2D eigenvalue weighted by atomic mass is 10.1. The van der Waals surface area contributed by atoms with Crippen LogP contribution in [0.3, 0.4) is 0 Å². The van der Waals surface area contributed by atoms with Crippen molar-refractivity contribution in [3.05, 3.63) is 29.6 Å². The third kappa shape index (κ3) is 3.04. The molecule has 1 N–H and O–H groups in total. The number of hydrogen-bond donors (Lipinski definition) is 1. The summed E-state index contributed by atoms with van der Waals surface area (Å²) in [5, 5.41) is 3.30. The average molecular weight is 266 g/mol. The maximum absolute atomic E-state index is 13.2. The topological polar surface area (TPSA) is 41.6 Å². The quantitative estimate of drug-likeness (QED) is 0.851. The second kappa shape index (κ2) is 5.57. The van der Waals surface area contributed by atoms with Gasteiger partial charge >= 0.3 is 5.97 Å². The van der Waals surface area contributed by atoms with Gasteiger partial charge in [0.25, 0.3) is 0 Å². The van der Waals surface area contributed by atoms with Crippen LogP contribution in [-0.4, -0.2) is 43.7 Å². The molecule has 0 bridgehead atoms. The fraction of sp³-hybridized carbons (Fsp3) is 0.500. The molecule has 1 fully saturated rings. The first-order valence-electron chi connectivity index (χ1n) is 6.36. The SMILES string of the molecule is COC(=O)c1cc(F)ccc1NC1CC(C)N(C)C1. The van der Waals surface area contributed by atoms with Crippen molar-refractivity contribution in [2.75, 3.05) is 26.0 Å². The summed E-state index contributed by atoms with van der Waals surface area (Å²) in [4.78, 5) is 13.9. The third-order valence-electron chi connectivity index (χ3n) is 3.63. The Morgan fingerprint density at radius 2 is 2.26 bits per heavy atom. The number of carbonyl (C=O) groups is 1. The largest absolute Gasteiger partial charge is 0.465 e. The standard InChI is InChI=1S/C14H19FN2O2/c1-9-6-11(8-17(9)2)16-13-5-4-10(15)7-12(13)14(18)19-3/h4-5,7,9,11,16H,6,8H2,1-3H3. The van der Waals surface area contributed by atoms with Gasteiger partial charge in [-0.05, 0) is 38.6 Å². The highest BCUT2D eigenvalue weighted by Gasteiger charge is 2.27. The van der Waals surface area contributed by atoms with E-state index >= 15 is 0 Å². The molecule has 5 heteroatoms. The lowest BCUT2D eigenvalue weighted by molar-refractivity contribution is 0.0601. The number of likely N-dealkylation sites (tertiary alicyclic amines) is 1. The lowest BCUT2D eigenvalue weighted by Crippen LogP contribution is -2.25. The van der Waals surface area contributed by atoms with Gasteiger partial charge in [-0.1, -0.05) is 0 Å². The van der Waals surface area contributed by atoms with E-state index in [1.807, 2.05) is 0 Å². The van der Waals surface area contributed by atoms with E-state index in [0.717, 1.165) is 13.0 Å². The molecule has 2 atom stereocenters. The van der Waals surface area contributed by atoms with Crippen LogP contribution in [0, 0.1) is 5.82 Å². The molecular weight excluding hydrogens is 247 g/mol. The summed E-state index contributed by atoms with van der Waals surface area (Å²) in [6, 6.07) is 4.89. The number of carbonyl (C=O) groups excluding carboxylic acids is 1. The monoisotopic (exact) mass is 266 g/mol. The molecule has 1 heterocycles. The Kier molecular flexibility index (Phi) is 4.04. The van der Waals surface area contributed by atoms with Crippen molar-refractivity contribution in [3.63, 3.8) is 0 Å². The van der Waals surface area contributed by atoms with E-state index in [-0.39, 0.29) is 11.6 Å². The highest BCUT2D eigenvalue weighted by atomic mass is 19.1. The number of likely N-dealkylation sites (N-methyl/N-ethyl adjacent to an activating group) is 1. The zero-order valence-electron chi connectivity index (χ0n) is 11.4. The Labute approximate surface area is 112 Å². The molecule has 1 aromatic carbocycles. The van der Waals surface area contributed by atoms with Crippen molar-refractivity contribution in [2.45, 2.75) is 25.4 Å². The molecule has 0 aliphatic carbocycles. The lowest BCUT2D eigenvalue weighted by Gasteiger charge is -2.16. The summed E-state index contributed by atoms with van der Waals surface area (Å²) in [5.74, 6) is -0.968. The molecule has 0 aromatic heterocycles. The average Bonchev–Trinajstić information content (AvgIpc) is 2.69. The fourth-order valence-corrected chi connectivity index (χ4v) is 2.44. The Hall–Kier alpha value is -1.62. The van der Waals surface area contributed by atoms with Gasteiger partial charge in [-0.2, -0.15) is 0 Å². The Bertz CT molecular complexity index is 469. The zero-order valence-corrected chi connectivity index (χ0v) is 11.4. The van der Waals surface area contributed by atoms with Crippen molar-refractivity contribution < 1.29 is 13.9 Å². The van der Waals surface area contributed by atoms with Gasteiger partial charge in [0.15, 0.2) is 0 Å². The van der Waals surface area contributed by atoms with Crippen molar-refractivity contribution in [1.82, 2.24) is 4.90 Å². The Balaban J connectivity index is 2.18. The summed E-state index contributed by atoms with van der Waals surface area (Å²) < 4.78 is 17.9. The summed E-state index contributed by atoms with van der Waals surface area (Å²) in [6.45, 7) is 3.06. The minimum atomic E-state index is -0.526. The first-order chi connectivity index (χ1) is 9.01. The van der Waals surface area contributed by atoms with Crippen LogP contribution in [0.2, 0.25) is 0 Å². The molecule has 19 heavy (non-hydrogen) atoms. The normalized spacial score (nSPS) is 23.4. The fourth-order valence-electron chi connectivity index (χ4n) is 2.44. The second-order valence-corrected chi connectivity index (χ2v) is 5.05. The highest BCUT2D eigenvalue weighted by molar-refractivity contribution is 5.95. The van der Waals surface area contributed by atoms with Crippen LogP contribution in [-0.2, 0) is 4.74 Å². The van der Waals surface area contributed by atoms with Gasteiger partial charge in [-0.25, -0.2) is 9.18 Å². The van der Waals surface area contributed by atoms with E-state index in [1.165, 1.54) is 19.2 Å². The van der Waals surface area contributed by atoms with Gasteiger partial charge < -0.3 is 15.0 Å². The summed E-state index contributed by atoms with van der Waals surface area (Å²) in [5.41, 5.74) is 0.866. The smallest absolute Gasteiger partial charge is 0.340 e. The van der Waals surface area contributed by atoms with E-state index in [1.54, 1.807) is 6.07 Å². The van der Waals surface area contributed by atoms with Crippen LogP contribution in [0.1, 0.15) is 23.7 Å². The van der Waals surface area contributed by atoms with Crippen LogP contribution in [0.5, 0.6) is 0 Å². The molecule has 2 rings (SSSR count). The zero-order chi connectivity index (χ0) is 14.0. The second-order valence-electron chi connectivity index (χ2n) is 5.05. The Morgan fingerprint density at radius 1 is 1.53 bits per heavy atom. The molecule has 0 amide bonds. The minimum Gasteiger partial charge on any atom is -0.465 e. The maximum atomic E-state index is 13.2.